The number of rotatable bonds is 0. The Labute approximate surface area is 238 Å². The van der Waals surface area contributed by atoms with Crippen molar-refractivity contribution in [1.82, 2.24) is 19.9 Å². The van der Waals surface area contributed by atoms with E-state index in [1.165, 1.54) is 19.6 Å². The molecule has 0 aliphatic heterocycles. The van der Waals surface area contributed by atoms with Gasteiger partial charge in [0, 0.05) is 49.6 Å². The Morgan fingerprint density at radius 1 is 0.263 bits per heavy atom. The molecule has 0 radical (unpaired) electrons. The maximum absolute atomic E-state index is 6.75. The van der Waals surface area contributed by atoms with Crippen molar-refractivity contribution < 1.29 is 33.0 Å². The summed E-state index contributed by atoms with van der Waals surface area (Å²) >= 11 is 0. The molecule has 0 saturated heterocycles. The van der Waals surface area contributed by atoms with Gasteiger partial charge < -0.3 is 44.2 Å². The van der Waals surface area contributed by atoms with Gasteiger partial charge in [0.1, 0.15) is 0 Å². The van der Waals surface area contributed by atoms with Crippen LogP contribution in [0.3, 0.4) is 0 Å². The molecule has 4 rings (SSSR count). The molecule has 18 heteroatoms. The molecule has 200 valence electrons. The minimum Gasteiger partial charge on any atom is -0.373 e. The topological polar surface area (TPSA) is 286 Å². The SMILES string of the molecule is [N-]=[N+]=[N-].[N-]=[N+]=[N-].[N-]=[N+]=[N-].[N-]=[N+]=[N-].[Ni+2].[Ni+2].c1ccncc1.c1ccncc1.c1ccncc1.c1ccncc1. The maximum atomic E-state index is 6.75. The first-order valence-corrected chi connectivity index (χ1v) is 9.00. The summed E-state index contributed by atoms with van der Waals surface area (Å²) in [5.41, 5.74) is 54.0. The van der Waals surface area contributed by atoms with Crippen LogP contribution in [0.5, 0.6) is 0 Å². The van der Waals surface area contributed by atoms with Crippen molar-refractivity contribution in [2.45, 2.75) is 0 Å². The van der Waals surface area contributed by atoms with Crippen LogP contribution >= 0.6 is 0 Å². The van der Waals surface area contributed by atoms with E-state index in [0.29, 0.717) is 0 Å². The summed E-state index contributed by atoms with van der Waals surface area (Å²) in [6, 6.07) is 22.9. The summed E-state index contributed by atoms with van der Waals surface area (Å²) in [7, 11) is 0. The van der Waals surface area contributed by atoms with Gasteiger partial charge in [-0.05, 0) is 48.5 Å². The summed E-state index contributed by atoms with van der Waals surface area (Å²) < 4.78 is 0. The largest absolute Gasteiger partial charge is 2.00 e. The Bertz CT molecular complexity index is 741. The second kappa shape index (κ2) is 58.0. The maximum Gasteiger partial charge on any atom is 2.00 e. The molecule has 0 unspecified atom stereocenters. The number of hydrogen-bond donors (Lipinski definition) is 0. The zero-order chi connectivity index (χ0) is 27.8. The van der Waals surface area contributed by atoms with E-state index < -0.39 is 0 Å². The minimum absolute atomic E-state index is 0. The summed E-state index contributed by atoms with van der Waals surface area (Å²) in [4.78, 5) is 21.1. The summed E-state index contributed by atoms with van der Waals surface area (Å²) in [5.74, 6) is 0. The third kappa shape index (κ3) is 77.4. The quantitative estimate of drug-likeness (QED) is 0.0842. The first kappa shape index (κ1) is 46.2. The van der Waals surface area contributed by atoms with Crippen LogP contribution < -0.4 is 0 Å². The van der Waals surface area contributed by atoms with Gasteiger partial charge in [0.05, 0.1) is 0 Å². The molecule has 4 aromatic heterocycles. The second-order valence-corrected chi connectivity index (χ2v) is 4.46. The number of pyridine rings is 4. The molecular weight excluding hydrogens is 582 g/mol. The van der Waals surface area contributed by atoms with E-state index >= 15 is 0 Å². The number of nitrogens with zero attached hydrogens (tertiary/aromatic N) is 16. The van der Waals surface area contributed by atoms with Crippen molar-refractivity contribution in [3.05, 3.63) is 186 Å². The van der Waals surface area contributed by atoms with Crippen molar-refractivity contribution in [2.75, 3.05) is 0 Å². The molecule has 0 fully saturated rings. The van der Waals surface area contributed by atoms with Gasteiger partial charge in [-0.1, -0.05) is 24.3 Å². The molecule has 0 bridgehead atoms. The minimum atomic E-state index is 0. The van der Waals surface area contributed by atoms with Crippen molar-refractivity contribution in [3.63, 3.8) is 0 Å². The van der Waals surface area contributed by atoms with E-state index in [2.05, 4.69) is 19.9 Å². The van der Waals surface area contributed by atoms with Gasteiger partial charge >= 0.3 is 33.0 Å². The van der Waals surface area contributed by atoms with E-state index in [1.807, 2.05) is 72.8 Å². The van der Waals surface area contributed by atoms with Gasteiger partial charge in [-0.15, -0.1) is 0 Å². The summed E-state index contributed by atoms with van der Waals surface area (Å²) in [6.45, 7) is 0. The van der Waals surface area contributed by atoms with Gasteiger partial charge in [-0.2, -0.15) is 0 Å². The standard InChI is InChI=1S/4C5H5N.4N3.2Ni/c4*1-2-4-6-5-3-1;4*1-3-2;;/h4*1-5H;;;;;;/q;;;;4*-1;2*+2. The summed E-state index contributed by atoms with van der Waals surface area (Å²) in [6.07, 6.45) is 14.0. The monoisotopic (exact) mass is 600 g/mol. The van der Waals surface area contributed by atoms with Gasteiger partial charge in [0.15, 0.2) is 0 Å². The Morgan fingerprint density at radius 2 is 0.368 bits per heavy atom. The zero-order valence-electron chi connectivity index (χ0n) is 19.3. The Morgan fingerprint density at radius 3 is 0.395 bits per heavy atom. The van der Waals surface area contributed by atoms with E-state index in [0.717, 1.165) is 0 Å². The molecule has 0 aliphatic carbocycles. The van der Waals surface area contributed by atoms with Crippen LogP contribution in [0.2, 0.25) is 0 Å². The molecule has 0 aliphatic rings. The second-order valence-electron chi connectivity index (χ2n) is 4.46. The van der Waals surface area contributed by atoms with E-state index in [1.54, 1.807) is 49.6 Å². The number of aromatic nitrogens is 4. The zero-order valence-corrected chi connectivity index (χ0v) is 21.3. The molecule has 0 spiro atoms. The summed E-state index contributed by atoms with van der Waals surface area (Å²) in [5, 5.41) is 0. The Hall–Kier alpha value is -5.17. The van der Waals surface area contributed by atoms with Crippen LogP contribution in [0.15, 0.2) is 122 Å². The number of hydrogen-bond acceptors (Lipinski definition) is 4. The third-order valence-corrected chi connectivity index (χ3v) is 2.27. The third-order valence-electron chi connectivity index (χ3n) is 2.27. The van der Waals surface area contributed by atoms with Crippen LogP contribution in [-0.4, -0.2) is 19.9 Å². The van der Waals surface area contributed by atoms with E-state index in [-0.39, 0.29) is 33.0 Å². The average molecular weight is 602 g/mol. The predicted molar refractivity (Wildman–Crippen MR) is 137 cm³/mol. The molecular formula is C20H20N16Ni2. The average Bonchev–Trinajstić information content (AvgIpc) is 2.95. The molecule has 0 N–H and O–H groups in total. The fraction of sp³-hybridized carbons (Fsp3) is 0. The fourth-order valence-corrected chi connectivity index (χ4v) is 1.25. The van der Waals surface area contributed by atoms with Crippen molar-refractivity contribution in [1.29, 1.82) is 0 Å². The first-order chi connectivity index (χ1) is 17.7. The van der Waals surface area contributed by atoms with Crippen molar-refractivity contribution in [3.8, 4) is 0 Å². The molecule has 0 aromatic carbocycles. The van der Waals surface area contributed by atoms with Gasteiger partial charge in [0.2, 0.25) is 0 Å². The molecule has 0 amide bonds. The Balaban J connectivity index is -0.0000000783. The fourth-order valence-electron chi connectivity index (χ4n) is 1.25. The van der Waals surface area contributed by atoms with Crippen LogP contribution in [0.1, 0.15) is 0 Å². The Kier molecular flexibility index (Phi) is 70.6. The van der Waals surface area contributed by atoms with E-state index in [4.69, 9.17) is 44.2 Å². The van der Waals surface area contributed by atoms with Gasteiger partial charge in [0.25, 0.3) is 0 Å². The molecule has 4 heterocycles. The van der Waals surface area contributed by atoms with Crippen molar-refractivity contribution in [2.24, 2.45) is 0 Å². The predicted octanol–water partition coefficient (Wildman–Crippen LogP) is 7.79. The van der Waals surface area contributed by atoms with Gasteiger partial charge in [-0.25, -0.2) is 0 Å². The van der Waals surface area contributed by atoms with Crippen LogP contribution in [0.4, 0.5) is 0 Å². The molecule has 38 heavy (non-hydrogen) atoms. The smallest absolute Gasteiger partial charge is 0.373 e. The van der Waals surface area contributed by atoms with Gasteiger partial charge in [-0.3, -0.25) is 39.6 Å². The normalized spacial score (nSPS) is 5.89. The molecule has 4 aromatic rings. The molecule has 16 nitrogen and oxygen atoms in total. The van der Waals surface area contributed by atoms with Crippen LogP contribution in [0.25, 0.3) is 63.9 Å². The van der Waals surface area contributed by atoms with Crippen molar-refractivity contribution >= 4 is 0 Å². The first-order valence-electron chi connectivity index (χ1n) is 9.00. The molecule has 0 atom stereocenters. The van der Waals surface area contributed by atoms with Crippen LogP contribution in [0, 0.1) is 0 Å². The van der Waals surface area contributed by atoms with E-state index in [9.17, 15) is 0 Å². The molecule has 0 saturated carbocycles. The van der Waals surface area contributed by atoms with Crippen LogP contribution in [-0.2, 0) is 33.0 Å².